The van der Waals surface area contributed by atoms with Crippen LogP contribution < -0.4 is 5.32 Å². The highest BCUT2D eigenvalue weighted by molar-refractivity contribution is 5.87. The number of esters is 1. The van der Waals surface area contributed by atoms with Crippen LogP contribution in [0, 0.1) is 0 Å². The number of ether oxygens (including phenoxy) is 2. The molecule has 120 valence electrons. The zero-order chi connectivity index (χ0) is 16.6. The summed E-state index contributed by atoms with van der Waals surface area (Å²) in [4.78, 5) is 28.5. The molecule has 1 atom stereocenters. The van der Waals surface area contributed by atoms with Crippen molar-refractivity contribution in [1.82, 2.24) is 10.2 Å². The van der Waals surface area contributed by atoms with Crippen LogP contribution in [-0.4, -0.2) is 56.0 Å². The number of nitrogens with zero attached hydrogens (tertiary/aromatic N) is 2. The lowest BCUT2D eigenvalue weighted by atomic mass is 10.2. The molecule has 7 nitrogen and oxygen atoms in total. The second kappa shape index (κ2) is 8.28. The second-order valence-corrected chi connectivity index (χ2v) is 5.53. The van der Waals surface area contributed by atoms with Gasteiger partial charge in [0.2, 0.25) is 0 Å². The van der Waals surface area contributed by atoms with E-state index in [1.54, 1.807) is 32.7 Å². The number of alkyl carbamates (subject to hydrolysis) is 1. The molecule has 0 rings (SSSR count). The summed E-state index contributed by atoms with van der Waals surface area (Å²) >= 11 is 0. The lowest BCUT2D eigenvalue weighted by Gasteiger charge is -2.28. The van der Waals surface area contributed by atoms with E-state index >= 15 is 0 Å². The Bertz CT molecular complexity index is 413. The van der Waals surface area contributed by atoms with E-state index in [0.29, 0.717) is 6.54 Å². The predicted molar refractivity (Wildman–Crippen MR) is 81.1 cm³/mol. The topological polar surface area (TPSA) is 80.2 Å². The third kappa shape index (κ3) is 7.34. The maximum atomic E-state index is 11.6. The van der Waals surface area contributed by atoms with Gasteiger partial charge in [0.1, 0.15) is 11.3 Å². The van der Waals surface area contributed by atoms with Crippen molar-refractivity contribution in [1.29, 1.82) is 0 Å². The molecular formula is C14H25N3O4. The monoisotopic (exact) mass is 299 g/mol. The van der Waals surface area contributed by atoms with Gasteiger partial charge < -0.3 is 19.7 Å². The molecule has 0 saturated carbocycles. The molecule has 0 radical (unpaired) electrons. The molecule has 0 unspecified atom stereocenters. The smallest absolute Gasteiger partial charge is 0.407 e. The lowest BCUT2D eigenvalue weighted by Crippen LogP contribution is -2.42. The molecule has 1 amide bonds. The number of hydrogen-bond acceptors (Lipinski definition) is 6. The Morgan fingerprint density at radius 1 is 1.43 bits per heavy atom. The number of likely N-dealkylation sites (N-methyl/N-ethyl adjacent to an activating group) is 1. The SMILES string of the molecule is C=N/C=C(/C(=O)OC)N(C)[C@@H](C)CNC(=O)OC(C)(C)C. The second-order valence-electron chi connectivity index (χ2n) is 5.53. The molecule has 0 spiro atoms. The Balaban J connectivity index is 4.60. The lowest BCUT2D eigenvalue weighted by molar-refractivity contribution is -0.138. The number of rotatable bonds is 6. The van der Waals surface area contributed by atoms with E-state index in [4.69, 9.17) is 4.74 Å². The fourth-order valence-corrected chi connectivity index (χ4v) is 1.40. The van der Waals surface area contributed by atoms with E-state index in [9.17, 15) is 9.59 Å². The quantitative estimate of drug-likeness (QED) is 0.457. The van der Waals surface area contributed by atoms with E-state index in [1.807, 2.05) is 6.92 Å². The minimum Gasteiger partial charge on any atom is -0.464 e. The van der Waals surface area contributed by atoms with Gasteiger partial charge in [-0.15, -0.1) is 0 Å². The summed E-state index contributed by atoms with van der Waals surface area (Å²) in [6, 6.07) is -0.162. The standard InChI is InChI=1S/C14H25N3O4/c1-10(8-16-13(19)21-14(2,3)4)17(6)11(9-15-5)12(18)20-7/h9-10H,5,8H2,1-4,6-7H3,(H,16,19)/b11-9-/t10-/m0/s1. The molecule has 21 heavy (non-hydrogen) atoms. The molecule has 0 aliphatic heterocycles. The maximum absolute atomic E-state index is 11.6. The van der Waals surface area contributed by atoms with Gasteiger partial charge in [0, 0.05) is 19.6 Å². The van der Waals surface area contributed by atoms with Crippen molar-refractivity contribution in [3.8, 4) is 0 Å². The van der Waals surface area contributed by atoms with Gasteiger partial charge in [0.05, 0.1) is 13.3 Å². The number of hydrogen-bond donors (Lipinski definition) is 1. The van der Waals surface area contributed by atoms with Crippen molar-refractivity contribution < 1.29 is 19.1 Å². The van der Waals surface area contributed by atoms with Gasteiger partial charge in [-0.05, 0) is 34.4 Å². The fourth-order valence-electron chi connectivity index (χ4n) is 1.40. The Kier molecular flexibility index (Phi) is 7.48. The summed E-state index contributed by atoms with van der Waals surface area (Å²) in [5, 5.41) is 2.65. The van der Waals surface area contributed by atoms with E-state index < -0.39 is 17.7 Å². The number of amides is 1. The van der Waals surface area contributed by atoms with Crippen molar-refractivity contribution >= 4 is 18.8 Å². The van der Waals surface area contributed by atoms with Gasteiger partial charge in [0.25, 0.3) is 0 Å². The molecule has 0 saturated heterocycles. The van der Waals surface area contributed by atoms with Crippen LogP contribution in [0.2, 0.25) is 0 Å². The first-order valence-electron chi connectivity index (χ1n) is 6.56. The number of carbonyl (C=O) groups excluding carboxylic acids is 2. The minimum atomic E-state index is -0.553. The van der Waals surface area contributed by atoms with E-state index in [0.717, 1.165) is 0 Å². The van der Waals surface area contributed by atoms with Crippen molar-refractivity contribution in [2.24, 2.45) is 4.99 Å². The van der Waals surface area contributed by atoms with E-state index in [2.05, 4.69) is 21.8 Å². The van der Waals surface area contributed by atoms with Gasteiger partial charge in [0.15, 0.2) is 0 Å². The fraction of sp³-hybridized carbons (Fsp3) is 0.643. The Morgan fingerprint density at radius 2 is 2.00 bits per heavy atom. The first kappa shape index (κ1) is 18.9. The Morgan fingerprint density at radius 3 is 2.43 bits per heavy atom. The van der Waals surface area contributed by atoms with Crippen molar-refractivity contribution in [2.75, 3.05) is 20.7 Å². The zero-order valence-corrected chi connectivity index (χ0v) is 13.6. The summed E-state index contributed by atoms with van der Waals surface area (Å²) in [5.74, 6) is -0.519. The zero-order valence-electron chi connectivity index (χ0n) is 13.6. The third-order valence-electron chi connectivity index (χ3n) is 2.59. The summed E-state index contributed by atoms with van der Waals surface area (Å²) in [6.07, 6.45) is 0.809. The van der Waals surface area contributed by atoms with Crippen molar-refractivity contribution in [3.05, 3.63) is 11.9 Å². The maximum Gasteiger partial charge on any atom is 0.407 e. The Hall–Kier alpha value is -2.05. The van der Waals surface area contributed by atoms with Crippen molar-refractivity contribution in [3.63, 3.8) is 0 Å². The summed E-state index contributed by atoms with van der Waals surface area (Å²) in [5.41, 5.74) is -0.297. The molecule has 0 aromatic carbocycles. The predicted octanol–water partition coefficient (Wildman–Crippen LogP) is 1.55. The average Bonchev–Trinajstić information content (AvgIpc) is 2.38. The number of aliphatic imine (C=N–C) groups is 1. The highest BCUT2D eigenvalue weighted by atomic mass is 16.6. The molecule has 0 aliphatic carbocycles. The van der Waals surface area contributed by atoms with Crippen LogP contribution in [0.15, 0.2) is 16.9 Å². The van der Waals surface area contributed by atoms with Gasteiger partial charge in [-0.3, -0.25) is 4.99 Å². The number of nitrogens with one attached hydrogen (secondary N) is 1. The summed E-state index contributed by atoms with van der Waals surface area (Å²) in [7, 11) is 2.99. The minimum absolute atomic E-state index is 0.162. The molecule has 0 aliphatic rings. The van der Waals surface area contributed by atoms with Crippen LogP contribution >= 0.6 is 0 Å². The van der Waals surface area contributed by atoms with Crippen molar-refractivity contribution in [2.45, 2.75) is 39.3 Å². The molecule has 0 bridgehead atoms. The van der Waals surface area contributed by atoms with Crippen LogP contribution in [0.3, 0.4) is 0 Å². The molecular weight excluding hydrogens is 274 g/mol. The van der Waals surface area contributed by atoms with E-state index in [-0.39, 0.29) is 11.7 Å². The van der Waals surface area contributed by atoms with Gasteiger partial charge in [-0.1, -0.05) is 0 Å². The Labute approximate surface area is 126 Å². The average molecular weight is 299 g/mol. The molecule has 0 fully saturated rings. The summed E-state index contributed by atoms with van der Waals surface area (Å²) in [6.45, 7) is 10.8. The molecule has 0 heterocycles. The molecule has 0 aromatic rings. The van der Waals surface area contributed by atoms with Crippen LogP contribution in [0.1, 0.15) is 27.7 Å². The first-order valence-corrected chi connectivity index (χ1v) is 6.56. The van der Waals surface area contributed by atoms with Crippen LogP contribution in [0.4, 0.5) is 4.79 Å². The first-order chi connectivity index (χ1) is 9.62. The van der Waals surface area contributed by atoms with Crippen LogP contribution in [0.5, 0.6) is 0 Å². The number of carbonyl (C=O) groups is 2. The third-order valence-corrected chi connectivity index (χ3v) is 2.59. The van der Waals surface area contributed by atoms with E-state index in [1.165, 1.54) is 13.3 Å². The van der Waals surface area contributed by atoms with Gasteiger partial charge in [-0.25, -0.2) is 9.59 Å². The van der Waals surface area contributed by atoms with Gasteiger partial charge in [-0.2, -0.15) is 0 Å². The van der Waals surface area contributed by atoms with Crippen LogP contribution in [-0.2, 0) is 14.3 Å². The molecule has 7 heteroatoms. The highest BCUT2D eigenvalue weighted by Gasteiger charge is 2.21. The normalized spacial score (nSPS) is 13.1. The molecule has 0 aromatic heterocycles. The summed E-state index contributed by atoms with van der Waals surface area (Å²) < 4.78 is 9.82. The number of methoxy groups -OCH3 is 1. The van der Waals surface area contributed by atoms with Crippen LogP contribution in [0.25, 0.3) is 0 Å². The molecule has 1 N–H and O–H groups in total. The largest absolute Gasteiger partial charge is 0.464 e. The highest BCUT2D eigenvalue weighted by Crippen LogP contribution is 2.10. The van der Waals surface area contributed by atoms with Gasteiger partial charge >= 0.3 is 12.1 Å².